The number of hydrogen-bond donors (Lipinski definition) is 6. The third-order valence-corrected chi connectivity index (χ3v) is 12.5. The van der Waals surface area contributed by atoms with Crippen molar-refractivity contribution in [2.45, 2.75) is 50.2 Å². The second-order valence-electron chi connectivity index (χ2n) is 14.7. The Labute approximate surface area is 356 Å². The molecule has 4 heterocycles. The molecule has 314 valence electrons. The Kier molecular flexibility index (Phi) is 15.8. The average molecular weight is 855 g/mol. The molecule has 0 saturated carbocycles. The van der Waals surface area contributed by atoms with Gasteiger partial charge in [-0.3, -0.25) is 9.59 Å². The summed E-state index contributed by atoms with van der Waals surface area (Å²) in [6, 6.07) is 21.2. The minimum Gasteiger partial charge on any atom is -0.480 e. The first kappa shape index (κ1) is 43.9. The maximum atomic E-state index is 12.8. The van der Waals surface area contributed by atoms with Gasteiger partial charge >= 0.3 is 11.9 Å². The smallest absolute Gasteiger partial charge is 0.327 e. The van der Waals surface area contributed by atoms with E-state index in [1.807, 2.05) is 97.1 Å². The number of aromatic nitrogens is 2. The molecule has 0 aliphatic carbocycles. The normalized spacial score (nSPS) is 17.6. The highest BCUT2D eigenvalue weighted by Crippen LogP contribution is 2.24. The first-order valence-corrected chi connectivity index (χ1v) is 22.2. The van der Waals surface area contributed by atoms with E-state index in [0.29, 0.717) is 13.1 Å². The summed E-state index contributed by atoms with van der Waals surface area (Å²) in [7, 11) is 2.19. The molecule has 4 aromatic rings. The van der Waals surface area contributed by atoms with Gasteiger partial charge in [0.25, 0.3) is 11.8 Å². The quantitative estimate of drug-likeness (QED) is 0.0461. The Morgan fingerprint density at radius 3 is 1.22 bits per heavy atom. The summed E-state index contributed by atoms with van der Waals surface area (Å²) < 4.78 is 3.28. The first-order chi connectivity index (χ1) is 29.0. The van der Waals surface area contributed by atoms with Crippen LogP contribution in [0.25, 0.3) is 24.3 Å². The fraction of sp³-hybridized carbons (Fsp3) is 0.318. The van der Waals surface area contributed by atoms with Gasteiger partial charge in [0, 0.05) is 73.3 Å². The number of pyridine rings is 2. The van der Waals surface area contributed by atoms with Gasteiger partial charge in [-0.2, -0.15) is 9.13 Å². The number of hydrogen-bond acceptors (Lipinski definition) is 10. The van der Waals surface area contributed by atoms with Gasteiger partial charge in [-0.1, -0.05) is 70.2 Å². The molecule has 2 aromatic heterocycles. The van der Waals surface area contributed by atoms with Gasteiger partial charge in [-0.25, -0.2) is 9.59 Å². The number of benzene rings is 2. The molecule has 14 nitrogen and oxygen atoms in total. The lowest BCUT2D eigenvalue weighted by Gasteiger charge is -2.17. The SMILES string of the molecule is O=C(C[n+]1ccc(C=Cc2ccc(N3CCC(O)C3)cc2)cc1)NC(CSSCC(NC(=O)C[n+]1ccc(C=Cc2ccc(N3CCC(O)C3)cc2)cc1)C(=O)O)C(=O)O. The molecule has 6 rings (SSSR count). The van der Waals surface area contributed by atoms with Crippen LogP contribution in [0.5, 0.6) is 0 Å². The summed E-state index contributed by atoms with van der Waals surface area (Å²) in [5.74, 6) is -3.46. The first-order valence-electron chi connectivity index (χ1n) is 19.7. The number of carbonyl (C=O) groups excluding carboxylic acids is 2. The molecule has 2 amide bonds. The van der Waals surface area contributed by atoms with Crippen molar-refractivity contribution in [2.75, 3.05) is 47.5 Å². The van der Waals surface area contributed by atoms with Crippen molar-refractivity contribution in [1.29, 1.82) is 0 Å². The van der Waals surface area contributed by atoms with Crippen LogP contribution >= 0.6 is 21.6 Å². The number of carboxylic acid groups (broad SMARTS) is 2. The van der Waals surface area contributed by atoms with Gasteiger partial charge < -0.3 is 40.9 Å². The van der Waals surface area contributed by atoms with E-state index < -0.39 is 35.8 Å². The maximum Gasteiger partial charge on any atom is 0.327 e. The summed E-state index contributed by atoms with van der Waals surface area (Å²) in [5.41, 5.74) is 6.04. The number of aliphatic hydroxyl groups excluding tert-OH is 2. The lowest BCUT2D eigenvalue weighted by atomic mass is 10.1. The molecule has 2 fully saturated rings. The minimum absolute atomic E-state index is 0.0209. The van der Waals surface area contributed by atoms with E-state index in [2.05, 4.69) is 20.4 Å². The van der Waals surface area contributed by atoms with E-state index in [-0.39, 0.29) is 36.8 Å². The summed E-state index contributed by atoms with van der Waals surface area (Å²) in [6.45, 7) is 2.79. The highest BCUT2D eigenvalue weighted by atomic mass is 33.1. The van der Waals surface area contributed by atoms with Crippen molar-refractivity contribution in [3.8, 4) is 0 Å². The Balaban J connectivity index is 0.888. The van der Waals surface area contributed by atoms with Crippen molar-refractivity contribution in [1.82, 2.24) is 10.6 Å². The number of nitrogens with one attached hydrogen (secondary N) is 2. The number of carboxylic acids is 2. The van der Waals surface area contributed by atoms with E-state index in [1.165, 1.54) is 0 Å². The third-order valence-electron chi connectivity index (χ3n) is 10.1. The zero-order valence-electron chi connectivity index (χ0n) is 33.0. The molecule has 60 heavy (non-hydrogen) atoms. The van der Waals surface area contributed by atoms with Crippen molar-refractivity contribution in [3.05, 3.63) is 120 Å². The second kappa shape index (κ2) is 21.5. The van der Waals surface area contributed by atoms with E-state index >= 15 is 0 Å². The lowest BCUT2D eigenvalue weighted by molar-refractivity contribution is -0.684. The van der Waals surface area contributed by atoms with E-state index in [1.54, 1.807) is 33.9 Å². The standard InChI is InChI=1S/C44H48N6O8S2/c51-37-17-23-49(25-37)35-9-5-31(6-10-35)1-3-33-13-19-47(20-14-33)27-41(53)45-39(43(55)56)29-59-60-30-40(44(57)58)46-42(54)28-48-21-15-34(16-22-48)4-2-32-7-11-36(12-8-32)50-24-18-38(52)26-50/h1-16,19-22,37-40,51-52H,17-18,23-30H2,(H2-2,45,46,53,54,55,56,57,58)/p+2. The summed E-state index contributed by atoms with van der Waals surface area (Å²) in [5, 5.41) is 44.1. The van der Waals surface area contributed by atoms with E-state index in [0.717, 1.165) is 81.1 Å². The minimum atomic E-state index is -1.22. The maximum absolute atomic E-state index is 12.8. The predicted molar refractivity (Wildman–Crippen MR) is 234 cm³/mol. The average Bonchev–Trinajstić information content (AvgIpc) is 3.89. The fourth-order valence-electron chi connectivity index (χ4n) is 6.69. The summed E-state index contributed by atoms with van der Waals surface area (Å²) in [4.78, 5) is 53.7. The lowest BCUT2D eigenvalue weighted by Crippen LogP contribution is -2.49. The van der Waals surface area contributed by atoms with Crippen LogP contribution in [0.4, 0.5) is 11.4 Å². The van der Waals surface area contributed by atoms with Crippen molar-refractivity contribution in [2.24, 2.45) is 0 Å². The molecular weight excluding hydrogens is 805 g/mol. The van der Waals surface area contributed by atoms with Gasteiger partial charge in [-0.15, -0.1) is 0 Å². The van der Waals surface area contributed by atoms with Crippen LogP contribution in [0.1, 0.15) is 35.1 Å². The number of aliphatic hydroxyl groups is 2. The van der Waals surface area contributed by atoms with Gasteiger partial charge in [0.1, 0.15) is 12.1 Å². The highest BCUT2D eigenvalue weighted by molar-refractivity contribution is 8.76. The van der Waals surface area contributed by atoms with Crippen LogP contribution in [0, 0.1) is 0 Å². The highest BCUT2D eigenvalue weighted by Gasteiger charge is 2.25. The second-order valence-corrected chi connectivity index (χ2v) is 17.3. The molecule has 2 saturated heterocycles. The number of β-amino-alcohol motifs (C(OH)–C–C–N with tert-alkyl or cyclic N) is 2. The molecule has 2 aliphatic heterocycles. The van der Waals surface area contributed by atoms with Crippen molar-refractivity contribution in [3.63, 3.8) is 0 Å². The number of carbonyl (C=O) groups is 4. The Morgan fingerprint density at radius 2 is 0.917 bits per heavy atom. The van der Waals surface area contributed by atoms with Crippen LogP contribution in [0.2, 0.25) is 0 Å². The number of amides is 2. The molecule has 2 aromatic carbocycles. The molecule has 2 aliphatic rings. The number of aliphatic carboxylic acids is 2. The Hall–Kier alpha value is -5.68. The molecular formula is C44H50N6O8S2+2. The van der Waals surface area contributed by atoms with Gasteiger partial charge in [0.05, 0.1) is 12.2 Å². The molecule has 6 N–H and O–H groups in total. The van der Waals surface area contributed by atoms with Crippen LogP contribution in [-0.2, 0) is 32.3 Å². The topological polar surface area (TPSA) is 187 Å². The van der Waals surface area contributed by atoms with Gasteiger partial charge in [-0.05, 0) is 59.4 Å². The van der Waals surface area contributed by atoms with E-state index in [9.17, 15) is 39.6 Å². The van der Waals surface area contributed by atoms with Crippen LogP contribution in [-0.4, -0.2) is 106 Å². The largest absolute Gasteiger partial charge is 0.480 e. The fourth-order valence-corrected chi connectivity index (χ4v) is 9.00. The number of nitrogens with zero attached hydrogens (tertiary/aromatic N) is 4. The Morgan fingerprint density at radius 1 is 0.583 bits per heavy atom. The molecule has 16 heteroatoms. The zero-order chi connectivity index (χ0) is 42.4. The van der Waals surface area contributed by atoms with Crippen LogP contribution in [0.15, 0.2) is 97.6 Å². The predicted octanol–water partition coefficient (Wildman–Crippen LogP) is 2.96. The molecule has 0 radical (unpaired) electrons. The molecule has 0 bridgehead atoms. The van der Waals surface area contributed by atoms with Crippen molar-refractivity contribution < 1.29 is 48.7 Å². The summed E-state index contributed by atoms with van der Waals surface area (Å²) in [6.07, 6.45) is 15.8. The van der Waals surface area contributed by atoms with Crippen LogP contribution in [0.3, 0.4) is 0 Å². The van der Waals surface area contributed by atoms with Crippen LogP contribution < -0.4 is 29.6 Å². The summed E-state index contributed by atoms with van der Waals surface area (Å²) >= 11 is 0. The van der Waals surface area contributed by atoms with E-state index in [4.69, 9.17) is 0 Å². The van der Waals surface area contributed by atoms with Crippen molar-refractivity contribution >= 4 is 81.0 Å². The third kappa shape index (κ3) is 13.4. The Bertz CT molecular complexity index is 1980. The van der Waals surface area contributed by atoms with Gasteiger partial charge in [0.2, 0.25) is 13.1 Å². The molecule has 4 atom stereocenters. The molecule has 0 spiro atoms. The monoisotopic (exact) mass is 854 g/mol. The van der Waals surface area contributed by atoms with Gasteiger partial charge in [0.15, 0.2) is 24.8 Å². The zero-order valence-corrected chi connectivity index (χ0v) is 34.6. The number of anilines is 2. The number of rotatable bonds is 19. The molecule has 4 unspecified atom stereocenters.